The van der Waals surface area contributed by atoms with Crippen LogP contribution in [-0.4, -0.2) is 42.1 Å². The molecule has 0 unspecified atom stereocenters. The molecular formula is C23H25ClN4O5S. The molecule has 11 heteroatoms. The number of rotatable bonds is 5. The summed E-state index contributed by atoms with van der Waals surface area (Å²) in [6, 6.07) is 12.3. The monoisotopic (exact) mass is 504 g/mol. The number of aldehydes is 1. The summed E-state index contributed by atoms with van der Waals surface area (Å²) in [5.41, 5.74) is 1.35. The minimum atomic E-state index is -3.93. The van der Waals surface area contributed by atoms with Gasteiger partial charge in [0.2, 0.25) is 0 Å². The summed E-state index contributed by atoms with van der Waals surface area (Å²) in [6.07, 6.45) is 5.45. The van der Waals surface area contributed by atoms with E-state index in [2.05, 4.69) is 15.3 Å². The number of hydrogen-bond donors (Lipinski definition) is 3. The number of carbonyl (C=O) groups is 2. The molecule has 3 aromatic rings. The fraction of sp³-hybridized carbons (Fsp3) is 0.304. The van der Waals surface area contributed by atoms with E-state index in [-0.39, 0.29) is 28.3 Å². The first-order valence-electron chi connectivity index (χ1n) is 10.7. The molecular weight excluding hydrogens is 480 g/mol. The topological polar surface area (TPSA) is 138 Å². The Morgan fingerprint density at radius 2 is 1.76 bits per heavy atom. The predicted octanol–water partition coefficient (Wildman–Crippen LogP) is 2.89. The average molecular weight is 505 g/mol. The minimum absolute atomic E-state index is 0.0215. The van der Waals surface area contributed by atoms with Crippen LogP contribution < -0.4 is 15.6 Å². The van der Waals surface area contributed by atoms with Crippen LogP contribution in [-0.2, 0) is 21.2 Å². The van der Waals surface area contributed by atoms with Crippen molar-refractivity contribution < 1.29 is 18.0 Å². The lowest BCUT2D eigenvalue weighted by Gasteiger charge is -2.25. The van der Waals surface area contributed by atoms with E-state index >= 15 is 0 Å². The Balaban J connectivity index is 0.000000243. The standard InChI is InChI=1S/C15H19ClN2O4S.C8H6N2O/c16-12-3-5-13(6-4-12)17-15(20)18-23(21,22)14-7-1-11(2-8-14)9-10-19;11-8-6-3-1-2-4-7(6)9-5-10-8/h1-2,7-8,10,12-13H,3-6,9H2,(H2,17,18,20);1-5H,(H,9,10,11). The molecule has 4 rings (SSSR count). The van der Waals surface area contributed by atoms with E-state index in [1.807, 2.05) is 22.9 Å². The maximum absolute atomic E-state index is 12.1. The number of benzene rings is 2. The second-order valence-corrected chi connectivity index (χ2v) is 10.1. The lowest BCUT2D eigenvalue weighted by molar-refractivity contribution is -0.107. The van der Waals surface area contributed by atoms with Gasteiger partial charge in [-0.1, -0.05) is 24.3 Å². The summed E-state index contributed by atoms with van der Waals surface area (Å²) in [5.74, 6) is 0. The quantitative estimate of drug-likeness (QED) is 0.361. The van der Waals surface area contributed by atoms with E-state index in [0.29, 0.717) is 10.9 Å². The highest BCUT2D eigenvalue weighted by atomic mass is 35.5. The smallest absolute Gasteiger partial charge is 0.328 e. The molecule has 1 heterocycles. The second-order valence-electron chi connectivity index (χ2n) is 7.79. The average Bonchev–Trinajstić information content (AvgIpc) is 2.82. The number of carbonyl (C=O) groups excluding carboxylic acids is 2. The van der Waals surface area contributed by atoms with Gasteiger partial charge in [-0.25, -0.2) is 22.9 Å². The van der Waals surface area contributed by atoms with E-state index in [9.17, 15) is 22.8 Å². The molecule has 3 N–H and O–H groups in total. The number of fused-ring (bicyclic) bond motifs is 1. The van der Waals surface area contributed by atoms with E-state index in [1.165, 1.54) is 18.5 Å². The van der Waals surface area contributed by atoms with Crippen LogP contribution in [0.2, 0.25) is 0 Å². The number of H-pyrrole nitrogens is 1. The number of urea groups is 1. The van der Waals surface area contributed by atoms with Crippen molar-refractivity contribution in [3.63, 3.8) is 0 Å². The lowest BCUT2D eigenvalue weighted by atomic mass is 9.95. The van der Waals surface area contributed by atoms with E-state index in [4.69, 9.17) is 11.6 Å². The van der Waals surface area contributed by atoms with Gasteiger partial charge in [0, 0.05) is 17.8 Å². The fourth-order valence-corrected chi connectivity index (χ4v) is 4.68. The first-order chi connectivity index (χ1) is 16.3. The summed E-state index contributed by atoms with van der Waals surface area (Å²) < 4.78 is 26.3. The third-order valence-electron chi connectivity index (χ3n) is 5.32. The first kappa shape index (κ1) is 25.4. The maximum Gasteiger partial charge on any atom is 0.328 e. The summed E-state index contributed by atoms with van der Waals surface area (Å²) in [7, 11) is -3.93. The van der Waals surface area contributed by atoms with Gasteiger partial charge in [0.25, 0.3) is 15.6 Å². The van der Waals surface area contributed by atoms with Gasteiger partial charge < -0.3 is 15.1 Å². The van der Waals surface area contributed by atoms with Crippen molar-refractivity contribution in [3.05, 3.63) is 70.8 Å². The zero-order chi connectivity index (χ0) is 24.6. The molecule has 0 radical (unpaired) electrons. The summed E-state index contributed by atoms with van der Waals surface area (Å²) in [6.45, 7) is 0. The Labute approximate surface area is 202 Å². The molecule has 1 saturated carbocycles. The highest BCUT2D eigenvalue weighted by Gasteiger charge is 2.23. The molecule has 0 bridgehead atoms. The van der Waals surface area contributed by atoms with Crippen LogP contribution in [0.1, 0.15) is 31.2 Å². The summed E-state index contributed by atoms with van der Waals surface area (Å²) in [4.78, 5) is 39.8. The van der Waals surface area contributed by atoms with Gasteiger partial charge in [-0.3, -0.25) is 4.79 Å². The minimum Gasteiger partial charge on any atom is -0.335 e. The number of alkyl halides is 1. The van der Waals surface area contributed by atoms with Crippen molar-refractivity contribution in [2.24, 2.45) is 0 Å². The molecule has 1 fully saturated rings. The van der Waals surface area contributed by atoms with Gasteiger partial charge in [-0.15, -0.1) is 11.6 Å². The normalized spacial score (nSPS) is 17.8. The predicted molar refractivity (Wildman–Crippen MR) is 129 cm³/mol. The van der Waals surface area contributed by atoms with Crippen molar-refractivity contribution in [2.75, 3.05) is 0 Å². The van der Waals surface area contributed by atoms with Gasteiger partial charge in [0.15, 0.2) is 0 Å². The number of halogens is 1. The molecule has 180 valence electrons. The number of sulfonamides is 1. The van der Waals surface area contributed by atoms with Crippen LogP contribution in [0.15, 0.2) is 64.5 Å². The van der Waals surface area contributed by atoms with Gasteiger partial charge >= 0.3 is 6.03 Å². The molecule has 0 atom stereocenters. The largest absolute Gasteiger partial charge is 0.335 e. The number of nitrogens with zero attached hydrogens (tertiary/aromatic N) is 1. The van der Waals surface area contributed by atoms with E-state index in [0.717, 1.165) is 37.5 Å². The van der Waals surface area contributed by atoms with Crippen molar-refractivity contribution in [2.45, 2.75) is 48.4 Å². The molecule has 1 aliphatic rings. The highest BCUT2D eigenvalue weighted by Crippen LogP contribution is 2.22. The zero-order valence-corrected chi connectivity index (χ0v) is 19.8. The van der Waals surface area contributed by atoms with Crippen LogP contribution in [0, 0.1) is 0 Å². The second kappa shape index (κ2) is 11.8. The summed E-state index contributed by atoms with van der Waals surface area (Å²) >= 11 is 5.99. The first-order valence-corrected chi connectivity index (χ1v) is 12.6. The van der Waals surface area contributed by atoms with Crippen molar-refractivity contribution >= 4 is 44.8 Å². The van der Waals surface area contributed by atoms with Crippen LogP contribution in [0.4, 0.5) is 4.79 Å². The molecule has 9 nitrogen and oxygen atoms in total. The van der Waals surface area contributed by atoms with Crippen LogP contribution in [0.25, 0.3) is 10.9 Å². The van der Waals surface area contributed by atoms with Crippen LogP contribution in [0.5, 0.6) is 0 Å². The molecule has 1 aromatic heterocycles. The van der Waals surface area contributed by atoms with Crippen molar-refractivity contribution in [1.82, 2.24) is 20.0 Å². The lowest BCUT2D eigenvalue weighted by Crippen LogP contribution is -2.45. The van der Waals surface area contributed by atoms with Gasteiger partial charge in [0.1, 0.15) is 6.29 Å². The van der Waals surface area contributed by atoms with E-state index in [1.54, 1.807) is 18.2 Å². The molecule has 0 aliphatic heterocycles. The molecule has 1 aliphatic carbocycles. The van der Waals surface area contributed by atoms with E-state index < -0.39 is 16.1 Å². The molecule has 0 saturated heterocycles. The Bertz CT molecular complexity index is 1280. The Kier molecular flexibility index (Phi) is 8.78. The Morgan fingerprint density at radius 1 is 1.09 bits per heavy atom. The number of amides is 2. The Hall–Kier alpha value is -3.24. The zero-order valence-electron chi connectivity index (χ0n) is 18.2. The number of aromatic nitrogens is 2. The number of hydrogen-bond acceptors (Lipinski definition) is 6. The molecule has 0 spiro atoms. The van der Waals surface area contributed by atoms with Gasteiger partial charge in [-0.2, -0.15) is 0 Å². The molecule has 34 heavy (non-hydrogen) atoms. The third-order valence-corrected chi connectivity index (χ3v) is 7.10. The maximum atomic E-state index is 12.1. The Morgan fingerprint density at radius 3 is 2.41 bits per heavy atom. The van der Waals surface area contributed by atoms with Crippen molar-refractivity contribution in [3.8, 4) is 0 Å². The van der Waals surface area contributed by atoms with Crippen molar-refractivity contribution in [1.29, 1.82) is 0 Å². The third kappa shape index (κ3) is 7.13. The summed E-state index contributed by atoms with van der Waals surface area (Å²) in [5, 5.41) is 3.43. The molecule has 2 aromatic carbocycles. The van der Waals surface area contributed by atoms with Crippen LogP contribution in [0.3, 0.4) is 0 Å². The van der Waals surface area contributed by atoms with Crippen LogP contribution >= 0.6 is 11.6 Å². The molecule has 2 amide bonds. The van der Waals surface area contributed by atoms with Gasteiger partial charge in [0.05, 0.1) is 22.1 Å². The van der Waals surface area contributed by atoms with Gasteiger partial charge in [-0.05, 0) is 55.5 Å². The number of para-hydroxylation sites is 1. The number of nitrogens with one attached hydrogen (secondary N) is 3. The fourth-order valence-electron chi connectivity index (χ4n) is 3.51. The SMILES string of the molecule is O=CCc1ccc(S(=O)(=O)NC(=O)NC2CCC(Cl)CC2)cc1.O=c1[nH]cnc2ccccc12. The highest BCUT2D eigenvalue weighted by molar-refractivity contribution is 7.90. The number of aromatic amines is 1.